The second-order valence-corrected chi connectivity index (χ2v) is 6.37. The van der Waals surface area contributed by atoms with E-state index in [2.05, 4.69) is 10.4 Å². The van der Waals surface area contributed by atoms with Gasteiger partial charge in [-0.3, -0.25) is 14.9 Å². The van der Waals surface area contributed by atoms with Crippen molar-refractivity contribution >= 4 is 24.0 Å². The quantitative estimate of drug-likeness (QED) is 0.601. The molecule has 146 valence electrons. The Morgan fingerprint density at radius 2 is 2.04 bits per heavy atom. The van der Waals surface area contributed by atoms with Crippen LogP contribution >= 0.6 is 12.4 Å². The zero-order valence-corrected chi connectivity index (χ0v) is 16.0. The Balaban J connectivity index is 0.00000261. The number of hydrogen-bond acceptors (Lipinski definition) is 5. The SMILES string of the molecule is CCCN(C(=O)c1ccn(-c2ccccc2[N+](=O)[O-])n1)C1CCNCC1.Cl. The largest absolute Gasteiger partial charge is 0.334 e. The highest BCUT2D eigenvalue weighted by Crippen LogP contribution is 2.22. The van der Waals surface area contributed by atoms with Crippen LogP contribution in [0.2, 0.25) is 0 Å². The molecule has 0 radical (unpaired) electrons. The van der Waals surface area contributed by atoms with E-state index in [1.807, 2.05) is 11.8 Å². The Hall–Kier alpha value is -2.45. The van der Waals surface area contributed by atoms with Crippen molar-refractivity contribution in [3.63, 3.8) is 0 Å². The molecule has 0 saturated carbocycles. The van der Waals surface area contributed by atoms with E-state index in [-0.39, 0.29) is 30.0 Å². The lowest BCUT2D eigenvalue weighted by Gasteiger charge is -2.34. The van der Waals surface area contributed by atoms with Crippen LogP contribution < -0.4 is 5.32 Å². The molecule has 0 spiro atoms. The number of nitrogens with one attached hydrogen (secondary N) is 1. The number of amides is 1. The summed E-state index contributed by atoms with van der Waals surface area (Å²) in [6, 6.07) is 8.21. The molecule has 8 nitrogen and oxygen atoms in total. The van der Waals surface area contributed by atoms with E-state index in [0.717, 1.165) is 32.4 Å². The third-order valence-corrected chi connectivity index (χ3v) is 4.61. The molecule has 1 aliphatic rings. The Morgan fingerprint density at radius 1 is 1.33 bits per heavy atom. The minimum Gasteiger partial charge on any atom is -0.334 e. The van der Waals surface area contributed by atoms with E-state index < -0.39 is 4.92 Å². The number of nitro benzene ring substituents is 1. The van der Waals surface area contributed by atoms with Crippen molar-refractivity contribution in [3.05, 3.63) is 52.3 Å². The molecular formula is C18H24ClN5O3. The topological polar surface area (TPSA) is 93.3 Å². The van der Waals surface area contributed by atoms with E-state index >= 15 is 0 Å². The van der Waals surface area contributed by atoms with Gasteiger partial charge in [-0.15, -0.1) is 12.4 Å². The van der Waals surface area contributed by atoms with Crippen LogP contribution in [0.4, 0.5) is 5.69 Å². The van der Waals surface area contributed by atoms with E-state index in [9.17, 15) is 14.9 Å². The van der Waals surface area contributed by atoms with Crippen LogP contribution in [0.15, 0.2) is 36.5 Å². The third kappa shape index (κ3) is 4.64. The van der Waals surface area contributed by atoms with Gasteiger partial charge in [0.15, 0.2) is 5.69 Å². The highest BCUT2D eigenvalue weighted by Gasteiger charge is 2.27. The van der Waals surface area contributed by atoms with Crippen molar-refractivity contribution in [2.45, 2.75) is 32.2 Å². The minimum atomic E-state index is -0.447. The summed E-state index contributed by atoms with van der Waals surface area (Å²) in [5.41, 5.74) is 0.619. The van der Waals surface area contributed by atoms with Crippen molar-refractivity contribution in [1.82, 2.24) is 20.0 Å². The van der Waals surface area contributed by atoms with Crippen LogP contribution in [0.25, 0.3) is 5.69 Å². The summed E-state index contributed by atoms with van der Waals surface area (Å²) in [4.78, 5) is 25.7. The number of hydrogen-bond donors (Lipinski definition) is 1. The molecule has 0 bridgehead atoms. The van der Waals surface area contributed by atoms with Crippen LogP contribution in [-0.4, -0.2) is 51.2 Å². The molecule has 1 fully saturated rings. The molecule has 0 unspecified atom stereocenters. The van der Waals surface area contributed by atoms with Crippen LogP contribution in [0.1, 0.15) is 36.7 Å². The van der Waals surface area contributed by atoms with Gasteiger partial charge in [-0.05, 0) is 44.5 Å². The van der Waals surface area contributed by atoms with Gasteiger partial charge in [0.1, 0.15) is 5.69 Å². The van der Waals surface area contributed by atoms with Crippen LogP contribution in [-0.2, 0) is 0 Å². The van der Waals surface area contributed by atoms with E-state index in [0.29, 0.717) is 17.9 Å². The predicted molar refractivity (Wildman–Crippen MR) is 105 cm³/mol. The first kappa shape index (κ1) is 20.9. The number of nitrogens with zero attached hydrogens (tertiary/aromatic N) is 4. The fourth-order valence-corrected chi connectivity index (χ4v) is 3.34. The van der Waals surface area contributed by atoms with Crippen molar-refractivity contribution in [1.29, 1.82) is 0 Å². The highest BCUT2D eigenvalue weighted by atomic mass is 35.5. The summed E-state index contributed by atoms with van der Waals surface area (Å²) in [5, 5.41) is 18.9. The van der Waals surface area contributed by atoms with Gasteiger partial charge >= 0.3 is 0 Å². The Kier molecular flexibility index (Phi) is 7.32. The van der Waals surface area contributed by atoms with Gasteiger partial charge < -0.3 is 10.2 Å². The molecule has 2 aromatic rings. The number of piperidine rings is 1. The normalized spacial score (nSPS) is 14.4. The second kappa shape index (κ2) is 9.48. The number of aromatic nitrogens is 2. The molecule has 1 aliphatic heterocycles. The number of rotatable bonds is 6. The molecule has 27 heavy (non-hydrogen) atoms. The molecule has 9 heteroatoms. The molecule has 0 aliphatic carbocycles. The smallest absolute Gasteiger partial charge is 0.294 e. The lowest BCUT2D eigenvalue weighted by molar-refractivity contribution is -0.384. The number of benzene rings is 1. The first-order valence-electron chi connectivity index (χ1n) is 8.93. The summed E-state index contributed by atoms with van der Waals surface area (Å²) in [6.07, 6.45) is 4.33. The van der Waals surface area contributed by atoms with Crippen LogP contribution in [0.3, 0.4) is 0 Å². The number of para-hydroxylation sites is 2. The maximum atomic E-state index is 13.0. The zero-order valence-electron chi connectivity index (χ0n) is 15.2. The maximum Gasteiger partial charge on any atom is 0.294 e. The third-order valence-electron chi connectivity index (χ3n) is 4.61. The van der Waals surface area contributed by atoms with E-state index in [1.54, 1.807) is 30.5 Å². The second-order valence-electron chi connectivity index (χ2n) is 6.37. The number of carbonyl (C=O) groups excluding carboxylic acids is 1. The monoisotopic (exact) mass is 393 g/mol. The number of halogens is 1. The van der Waals surface area contributed by atoms with Crippen molar-refractivity contribution in [2.75, 3.05) is 19.6 Å². The molecule has 1 N–H and O–H groups in total. The Bertz CT molecular complexity index is 789. The van der Waals surface area contributed by atoms with Gasteiger partial charge in [0, 0.05) is 24.8 Å². The molecule has 3 rings (SSSR count). The van der Waals surface area contributed by atoms with Crippen molar-refractivity contribution in [3.8, 4) is 5.69 Å². The molecule has 1 saturated heterocycles. The van der Waals surface area contributed by atoms with E-state index in [1.165, 1.54) is 10.7 Å². The maximum absolute atomic E-state index is 13.0. The predicted octanol–water partition coefficient (Wildman–Crippen LogP) is 2.81. The molecule has 1 aromatic carbocycles. The summed E-state index contributed by atoms with van der Waals surface area (Å²) in [7, 11) is 0. The fraction of sp³-hybridized carbons (Fsp3) is 0.444. The summed E-state index contributed by atoms with van der Waals surface area (Å²) in [6.45, 7) is 4.54. The first-order chi connectivity index (χ1) is 12.6. The molecule has 0 atom stereocenters. The molecule has 2 heterocycles. The highest BCUT2D eigenvalue weighted by molar-refractivity contribution is 5.92. The van der Waals surface area contributed by atoms with Gasteiger partial charge in [-0.25, -0.2) is 4.68 Å². The summed E-state index contributed by atoms with van der Waals surface area (Å²) >= 11 is 0. The summed E-state index contributed by atoms with van der Waals surface area (Å²) in [5.74, 6) is -0.115. The first-order valence-corrected chi connectivity index (χ1v) is 8.93. The summed E-state index contributed by atoms with van der Waals surface area (Å²) < 4.78 is 1.40. The zero-order chi connectivity index (χ0) is 18.5. The van der Waals surface area contributed by atoms with Crippen molar-refractivity contribution < 1.29 is 9.72 Å². The van der Waals surface area contributed by atoms with E-state index in [4.69, 9.17) is 0 Å². The Labute approximate surface area is 164 Å². The molecule has 1 amide bonds. The fourth-order valence-electron chi connectivity index (χ4n) is 3.34. The average Bonchev–Trinajstić information content (AvgIpc) is 3.16. The van der Waals surface area contributed by atoms with Gasteiger partial charge in [-0.2, -0.15) is 5.10 Å². The van der Waals surface area contributed by atoms with Gasteiger partial charge in [0.2, 0.25) is 0 Å². The van der Waals surface area contributed by atoms with Crippen LogP contribution in [0.5, 0.6) is 0 Å². The number of nitro groups is 1. The lowest BCUT2D eigenvalue weighted by atomic mass is 10.0. The molecular weight excluding hydrogens is 370 g/mol. The number of carbonyl (C=O) groups is 1. The molecule has 1 aromatic heterocycles. The van der Waals surface area contributed by atoms with Gasteiger partial charge in [0.05, 0.1) is 4.92 Å². The van der Waals surface area contributed by atoms with Crippen molar-refractivity contribution in [2.24, 2.45) is 0 Å². The van der Waals surface area contributed by atoms with Crippen LogP contribution in [0, 0.1) is 10.1 Å². The van der Waals surface area contributed by atoms with Gasteiger partial charge in [0.25, 0.3) is 11.6 Å². The Morgan fingerprint density at radius 3 is 2.70 bits per heavy atom. The standard InChI is InChI=1S/C18H23N5O3.ClH/c1-2-12-21(14-7-10-19-11-8-14)18(24)15-9-13-22(20-15)16-5-3-4-6-17(16)23(25)26;/h3-6,9,13-14,19H,2,7-8,10-12H2,1H3;1H. The minimum absolute atomic E-state index is 0. The average molecular weight is 394 g/mol. The van der Waals surface area contributed by atoms with Gasteiger partial charge in [-0.1, -0.05) is 19.1 Å². The lowest BCUT2D eigenvalue weighted by Crippen LogP contribution is -2.46.